The molecule has 4 heteroatoms. The van der Waals surface area contributed by atoms with Crippen LogP contribution < -0.4 is 0 Å². The minimum Gasteiger partial charge on any atom is -0.465 e. The maximum atomic E-state index is 11.5. The maximum Gasteiger partial charge on any atom is 0.408 e. The Hall–Kier alpha value is -1.58. The van der Waals surface area contributed by atoms with Crippen LogP contribution in [0.15, 0.2) is 24.5 Å². The van der Waals surface area contributed by atoms with Crippen molar-refractivity contribution in [3.05, 3.63) is 30.1 Å². The number of aromatic nitrogens is 1. The summed E-state index contributed by atoms with van der Waals surface area (Å²) < 4.78 is 0. The van der Waals surface area contributed by atoms with E-state index in [0.717, 1.165) is 5.56 Å². The first-order valence-electron chi connectivity index (χ1n) is 6.07. The van der Waals surface area contributed by atoms with Gasteiger partial charge in [0.15, 0.2) is 0 Å². The van der Waals surface area contributed by atoms with E-state index in [1.165, 1.54) is 4.90 Å². The fourth-order valence-electron chi connectivity index (χ4n) is 2.53. The molecule has 0 aliphatic rings. The minimum absolute atomic E-state index is 0.428. The fourth-order valence-corrected chi connectivity index (χ4v) is 2.53. The average Bonchev–Trinajstić information content (AvgIpc) is 2.13. The van der Waals surface area contributed by atoms with Crippen LogP contribution in [0.1, 0.15) is 40.2 Å². The minimum atomic E-state index is -0.887. The summed E-state index contributed by atoms with van der Waals surface area (Å²) in [5.41, 5.74) is 0.193. The Morgan fingerprint density at radius 1 is 1.22 bits per heavy atom. The molecule has 0 saturated carbocycles. The number of nitrogens with zero attached hydrogens (tertiary/aromatic N) is 2. The highest BCUT2D eigenvalue weighted by Crippen LogP contribution is 2.28. The zero-order valence-electron chi connectivity index (χ0n) is 11.8. The summed E-state index contributed by atoms with van der Waals surface area (Å²) >= 11 is 0. The van der Waals surface area contributed by atoms with Gasteiger partial charge >= 0.3 is 6.09 Å². The molecule has 0 aliphatic heterocycles. The van der Waals surface area contributed by atoms with Gasteiger partial charge in [0.1, 0.15) is 0 Å². The number of amides is 1. The van der Waals surface area contributed by atoms with Gasteiger partial charge in [-0.25, -0.2) is 4.79 Å². The molecule has 0 aliphatic carbocycles. The van der Waals surface area contributed by atoms with E-state index < -0.39 is 17.2 Å². The Bertz CT molecular complexity index is 408. The summed E-state index contributed by atoms with van der Waals surface area (Å²) in [5.74, 6) is 0. The molecule has 0 aromatic carbocycles. The standard InChI is InChI=1S/C14H22N2O2/c1-13(2,3)16(12(17)18)14(4,5)10-11-6-8-15-9-7-11/h6-9H,10H2,1-5H3,(H,17,18). The molecule has 18 heavy (non-hydrogen) atoms. The Morgan fingerprint density at radius 3 is 2.11 bits per heavy atom. The van der Waals surface area contributed by atoms with Crippen LogP contribution in [0.25, 0.3) is 0 Å². The third kappa shape index (κ3) is 3.45. The zero-order chi connectivity index (χ0) is 14.0. The normalized spacial score (nSPS) is 12.3. The van der Waals surface area contributed by atoms with Crippen molar-refractivity contribution in [2.45, 2.75) is 52.1 Å². The quantitative estimate of drug-likeness (QED) is 0.896. The molecule has 0 radical (unpaired) electrons. The van der Waals surface area contributed by atoms with Crippen molar-refractivity contribution in [1.82, 2.24) is 9.88 Å². The Kier molecular flexibility index (Phi) is 3.99. The summed E-state index contributed by atoms with van der Waals surface area (Å²) in [6, 6.07) is 3.84. The van der Waals surface area contributed by atoms with Gasteiger partial charge in [-0.3, -0.25) is 9.88 Å². The van der Waals surface area contributed by atoms with Crippen molar-refractivity contribution < 1.29 is 9.90 Å². The molecule has 1 rings (SSSR count). The van der Waals surface area contributed by atoms with E-state index in [4.69, 9.17) is 0 Å². The predicted molar refractivity (Wildman–Crippen MR) is 71.6 cm³/mol. The van der Waals surface area contributed by atoms with E-state index in [-0.39, 0.29) is 0 Å². The van der Waals surface area contributed by atoms with Crippen LogP contribution in [-0.4, -0.2) is 32.2 Å². The van der Waals surface area contributed by atoms with Crippen LogP contribution in [0.4, 0.5) is 4.79 Å². The lowest BCUT2D eigenvalue weighted by atomic mass is 9.89. The number of pyridine rings is 1. The van der Waals surface area contributed by atoms with Crippen molar-refractivity contribution in [1.29, 1.82) is 0 Å². The summed E-state index contributed by atoms with van der Waals surface area (Å²) in [6.07, 6.45) is 3.24. The number of carbonyl (C=O) groups is 1. The van der Waals surface area contributed by atoms with Gasteiger partial charge in [-0.2, -0.15) is 0 Å². The lowest BCUT2D eigenvalue weighted by molar-refractivity contribution is 0.0334. The molecular weight excluding hydrogens is 228 g/mol. The topological polar surface area (TPSA) is 53.4 Å². The van der Waals surface area contributed by atoms with Crippen LogP contribution in [0, 0.1) is 0 Å². The second kappa shape index (κ2) is 4.96. The molecule has 1 aromatic heterocycles. The smallest absolute Gasteiger partial charge is 0.408 e. The van der Waals surface area contributed by atoms with Gasteiger partial charge in [-0.05, 0) is 58.7 Å². The number of carboxylic acid groups (broad SMARTS) is 1. The van der Waals surface area contributed by atoms with E-state index >= 15 is 0 Å². The molecule has 1 heterocycles. The molecule has 0 unspecified atom stereocenters. The Morgan fingerprint density at radius 2 is 1.72 bits per heavy atom. The SMILES string of the molecule is CC(C)(C)N(C(=O)O)C(C)(C)Cc1ccncc1. The van der Waals surface area contributed by atoms with Crippen LogP contribution in [0.3, 0.4) is 0 Å². The van der Waals surface area contributed by atoms with E-state index in [1.807, 2.05) is 46.8 Å². The first kappa shape index (κ1) is 14.5. The molecule has 100 valence electrons. The molecule has 0 atom stereocenters. The highest BCUT2D eigenvalue weighted by molar-refractivity contribution is 5.67. The molecule has 4 nitrogen and oxygen atoms in total. The fraction of sp³-hybridized carbons (Fsp3) is 0.571. The predicted octanol–water partition coefficient (Wildman–Crippen LogP) is 3.18. The largest absolute Gasteiger partial charge is 0.465 e. The Balaban J connectivity index is 3.00. The average molecular weight is 250 g/mol. The first-order valence-corrected chi connectivity index (χ1v) is 6.07. The molecule has 1 amide bonds. The number of rotatable bonds is 3. The lowest BCUT2D eigenvalue weighted by Crippen LogP contribution is -2.57. The van der Waals surface area contributed by atoms with Crippen LogP contribution in [0.2, 0.25) is 0 Å². The van der Waals surface area contributed by atoms with Gasteiger partial charge in [0.05, 0.1) is 0 Å². The van der Waals surface area contributed by atoms with Gasteiger partial charge in [-0.15, -0.1) is 0 Å². The van der Waals surface area contributed by atoms with Crippen molar-refractivity contribution in [2.24, 2.45) is 0 Å². The summed E-state index contributed by atoms with van der Waals surface area (Å²) in [5, 5.41) is 9.44. The third-order valence-electron chi connectivity index (χ3n) is 2.85. The number of hydrogen-bond donors (Lipinski definition) is 1. The van der Waals surface area contributed by atoms with Gasteiger partial charge in [-0.1, -0.05) is 0 Å². The number of hydrogen-bond acceptors (Lipinski definition) is 2. The molecular formula is C14H22N2O2. The molecule has 1 N–H and O–H groups in total. The highest BCUT2D eigenvalue weighted by Gasteiger charge is 2.38. The van der Waals surface area contributed by atoms with Crippen LogP contribution in [0.5, 0.6) is 0 Å². The molecule has 0 saturated heterocycles. The third-order valence-corrected chi connectivity index (χ3v) is 2.85. The van der Waals surface area contributed by atoms with E-state index in [9.17, 15) is 9.90 Å². The van der Waals surface area contributed by atoms with Gasteiger partial charge in [0, 0.05) is 23.5 Å². The van der Waals surface area contributed by atoms with Crippen LogP contribution >= 0.6 is 0 Å². The van der Waals surface area contributed by atoms with Crippen molar-refractivity contribution in [3.63, 3.8) is 0 Å². The zero-order valence-corrected chi connectivity index (χ0v) is 11.8. The second-order valence-corrected chi connectivity index (χ2v) is 6.13. The highest BCUT2D eigenvalue weighted by atomic mass is 16.4. The molecule has 0 fully saturated rings. The molecule has 0 spiro atoms. The van der Waals surface area contributed by atoms with Gasteiger partial charge < -0.3 is 5.11 Å². The summed E-state index contributed by atoms with van der Waals surface area (Å²) in [7, 11) is 0. The first-order chi connectivity index (χ1) is 8.14. The van der Waals surface area contributed by atoms with E-state index in [0.29, 0.717) is 6.42 Å². The Labute approximate surface area is 109 Å². The van der Waals surface area contributed by atoms with E-state index in [2.05, 4.69) is 4.98 Å². The monoisotopic (exact) mass is 250 g/mol. The molecule has 0 bridgehead atoms. The van der Waals surface area contributed by atoms with Crippen LogP contribution in [-0.2, 0) is 6.42 Å². The van der Waals surface area contributed by atoms with E-state index in [1.54, 1.807) is 12.4 Å². The van der Waals surface area contributed by atoms with Crippen molar-refractivity contribution in [3.8, 4) is 0 Å². The van der Waals surface area contributed by atoms with Gasteiger partial charge in [0.25, 0.3) is 0 Å². The lowest BCUT2D eigenvalue weighted by Gasteiger charge is -2.45. The van der Waals surface area contributed by atoms with Crippen molar-refractivity contribution >= 4 is 6.09 Å². The summed E-state index contributed by atoms with van der Waals surface area (Å²) in [4.78, 5) is 17.0. The summed E-state index contributed by atoms with van der Waals surface area (Å²) in [6.45, 7) is 9.64. The maximum absolute atomic E-state index is 11.5. The molecule has 1 aromatic rings. The second-order valence-electron chi connectivity index (χ2n) is 6.13. The van der Waals surface area contributed by atoms with Crippen molar-refractivity contribution in [2.75, 3.05) is 0 Å². The van der Waals surface area contributed by atoms with Gasteiger partial charge in [0.2, 0.25) is 0 Å².